The predicted octanol–water partition coefficient (Wildman–Crippen LogP) is 0.221. The fourth-order valence-electron chi connectivity index (χ4n) is 2.05. The van der Waals surface area contributed by atoms with E-state index in [9.17, 15) is 15.2 Å². The average Bonchev–Trinajstić information content (AvgIpc) is 3.11. The summed E-state index contributed by atoms with van der Waals surface area (Å²) in [6.07, 6.45) is 6.84. The van der Waals surface area contributed by atoms with E-state index in [2.05, 4.69) is 17.2 Å². The summed E-state index contributed by atoms with van der Waals surface area (Å²) in [6, 6.07) is 0. The molecule has 2 N–H and O–H groups in total. The minimum absolute atomic E-state index is 0.177. The fourth-order valence-corrected chi connectivity index (χ4v) is 2.05. The standard InChI is InChI=1S/C12H19BN4O3/c18-11(8-14-4-2-1-3-10-7-13-10)9-16-6-5-15-12(16)17(19)20/h5-6,11,14,18H,1-4,7-9H2. The molecule has 1 atom stereocenters. The van der Waals surface area contributed by atoms with Crippen molar-refractivity contribution in [3.63, 3.8) is 0 Å². The Morgan fingerprint density at radius 1 is 1.60 bits per heavy atom. The van der Waals surface area contributed by atoms with Crippen LogP contribution in [0.2, 0.25) is 6.32 Å². The van der Waals surface area contributed by atoms with Gasteiger partial charge in [-0.15, -0.1) is 0 Å². The van der Waals surface area contributed by atoms with E-state index in [-0.39, 0.29) is 12.5 Å². The molecule has 8 heteroatoms. The second kappa shape index (κ2) is 7.30. The first-order valence-electron chi connectivity index (χ1n) is 6.89. The molecule has 0 spiro atoms. The van der Waals surface area contributed by atoms with Gasteiger partial charge in [0.1, 0.15) is 0 Å². The molecule has 0 radical (unpaired) electrons. The van der Waals surface area contributed by atoms with Gasteiger partial charge in [0.2, 0.25) is 0 Å². The van der Waals surface area contributed by atoms with Gasteiger partial charge in [0.05, 0.1) is 0 Å². The van der Waals surface area contributed by atoms with Gasteiger partial charge >= 0.3 is 107 Å². The number of nitrogens with zero attached hydrogens (tertiary/aromatic N) is 3. The van der Waals surface area contributed by atoms with Crippen molar-refractivity contribution >= 4 is 18.3 Å². The second-order valence-corrected chi connectivity index (χ2v) is 5.02. The summed E-state index contributed by atoms with van der Waals surface area (Å²) in [5.74, 6) is -0.234. The van der Waals surface area contributed by atoms with E-state index < -0.39 is 11.0 Å². The van der Waals surface area contributed by atoms with Gasteiger partial charge in [-0.3, -0.25) is 0 Å². The molecule has 1 unspecified atom stereocenters. The number of aliphatic hydroxyl groups excluding tert-OH is 1. The molecule has 20 heavy (non-hydrogen) atoms. The zero-order chi connectivity index (χ0) is 14.4. The number of aromatic nitrogens is 2. The third kappa shape index (κ3) is 4.86. The Hall–Kier alpha value is -1.54. The zero-order valence-corrected chi connectivity index (χ0v) is 11.4. The number of aliphatic hydroxyl groups is 1. The van der Waals surface area contributed by atoms with Gasteiger partial charge in [0.15, 0.2) is 0 Å². The summed E-state index contributed by atoms with van der Waals surface area (Å²) in [4.78, 5) is 13.8. The Labute approximate surface area is 118 Å². The number of hydrogen-bond donors (Lipinski definition) is 2. The van der Waals surface area contributed by atoms with Crippen LogP contribution in [0.1, 0.15) is 19.3 Å². The average molecular weight is 278 g/mol. The van der Waals surface area contributed by atoms with Gasteiger partial charge in [-0.05, 0) is 0 Å². The number of rotatable bonds is 10. The molecule has 1 aromatic heterocycles. The number of hydrogen-bond acceptors (Lipinski definition) is 5. The summed E-state index contributed by atoms with van der Waals surface area (Å²) in [5.41, 5.74) is 1.55. The summed E-state index contributed by atoms with van der Waals surface area (Å²) in [7, 11) is 0. The van der Waals surface area contributed by atoms with E-state index >= 15 is 0 Å². The van der Waals surface area contributed by atoms with Crippen LogP contribution in [0.3, 0.4) is 0 Å². The summed E-state index contributed by atoms with van der Waals surface area (Å²) in [5, 5.41) is 23.7. The quantitative estimate of drug-likeness (QED) is 0.276. The van der Waals surface area contributed by atoms with Gasteiger partial charge in [-0.25, -0.2) is 0 Å². The first kappa shape index (κ1) is 14.9. The number of nitro groups is 1. The Balaban J connectivity index is 1.59. The molecule has 1 aliphatic rings. The monoisotopic (exact) mass is 278 g/mol. The van der Waals surface area contributed by atoms with E-state index in [4.69, 9.17) is 0 Å². The van der Waals surface area contributed by atoms with E-state index in [1.54, 1.807) is 5.46 Å². The molecule has 7 nitrogen and oxygen atoms in total. The molecule has 0 fully saturated rings. The van der Waals surface area contributed by atoms with Crippen molar-refractivity contribution in [2.75, 3.05) is 13.1 Å². The van der Waals surface area contributed by atoms with Gasteiger partial charge < -0.3 is 10.1 Å². The first-order valence-corrected chi connectivity index (χ1v) is 6.89. The van der Waals surface area contributed by atoms with Crippen LogP contribution in [0.5, 0.6) is 0 Å². The minimum atomic E-state index is -0.658. The molecular formula is C12H19BN4O3. The maximum atomic E-state index is 10.7. The Bertz CT molecular complexity index is 489. The molecule has 0 amide bonds. The van der Waals surface area contributed by atoms with Crippen LogP contribution in [0.4, 0.5) is 5.95 Å². The van der Waals surface area contributed by atoms with Crippen LogP contribution >= 0.6 is 0 Å². The molecule has 0 bridgehead atoms. The van der Waals surface area contributed by atoms with Crippen LogP contribution in [0.15, 0.2) is 12.4 Å². The van der Waals surface area contributed by atoms with Crippen LogP contribution in [-0.2, 0) is 6.54 Å². The molecule has 108 valence electrons. The first-order chi connectivity index (χ1) is 9.66. The number of unbranched alkanes of at least 4 members (excludes halogenated alkanes) is 1. The van der Waals surface area contributed by atoms with Crippen molar-refractivity contribution in [1.82, 2.24) is 14.9 Å². The maximum absolute atomic E-state index is 10.7. The third-order valence-electron chi connectivity index (χ3n) is 3.24. The summed E-state index contributed by atoms with van der Waals surface area (Å²) in [6.45, 7) is 3.71. The fraction of sp³-hybridized carbons (Fsp3) is 0.667. The molecule has 0 aliphatic carbocycles. The zero-order valence-electron chi connectivity index (χ0n) is 11.4. The Morgan fingerprint density at radius 2 is 2.40 bits per heavy atom. The summed E-state index contributed by atoms with van der Waals surface area (Å²) >= 11 is 0. The topological polar surface area (TPSA) is 93.2 Å². The van der Waals surface area contributed by atoms with Gasteiger partial charge in [0.25, 0.3) is 0 Å². The number of imidazole rings is 1. The molecular weight excluding hydrogens is 259 g/mol. The van der Waals surface area contributed by atoms with Crippen molar-refractivity contribution in [1.29, 1.82) is 0 Å². The van der Waals surface area contributed by atoms with Crippen molar-refractivity contribution in [3.8, 4) is 0 Å². The van der Waals surface area contributed by atoms with Crippen LogP contribution < -0.4 is 5.32 Å². The van der Waals surface area contributed by atoms with Crippen molar-refractivity contribution in [3.05, 3.63) is 22.5 Å². The van der Waals surface area contributed by atoms with E-state index in [0.717, 1.165) is 13.0 Å². The molecule has 0 aromatic carbocycles. The predicted molar refractivity (Wildman–Crippen MR) is 77.2 cm³/mol. The van der Waals surface area contributed by atoms with Crippen molar-refractivity contribution in [2.45, 2.75) is 38.2 Å². The molecule has 0 saturated heterocycles. The molecule has 1 aromatic rings. The molecule has 2 rings (SSSR count). The number of nitrogens with one attached hydrogen (secondary N) is 1. The van der Waals surface area contributed by atoms with Gasteiger partial charge in [-0.2, -0.15) is 0 Å². The SMILES string of the molecule is O=[N+]([O-])c1nccn1CC(O)CNCCCCC1=BC1. The Kier molecular flexibility index (Phi) is 5.43. The van der Waals surface area contributed by atoms with Crippen molar-refractivity contribution < 1.29 is 10.0 Å². The molecule has 2 heterocycles. The molecule has 0 saturated carbocycles. The Morgan fingerprint density at radius 3 is 3.10 bits per heavy atom. The van der Waals surface area contributed by atoms with Crippen LogP contribution in [0, 0.1) is 10.1 Å². The summed E-state index contributed by atoms with van der Waals surface area (Å²) < 4.78 is 1.35. The van der Waals surface area contributed by atoms with Crippen molar-refractivity contribution in [2.24, 2.45) is 0 Å². The van der Waals surface area contributed by atoms with E-state index in [0.29, 0.717) is 6.54 Å². The van der Waals surface area contributed by atoms with Gasteiger partial charge in [-0.1, -0.05) is 0 Å². The van der Waals surface area contributed by atoms with Crippen LogP contribution in [0.25, 0.3) is 0 Å². The third-order valence-corrected chi connectivity index (χ3v) is 3.24. The van der Waals surface area contributed by atoms with E-state index in [1.807, 2.05) is 0 Å². The normalized spacial score (nSPS) is 14.6. The molecule has 1 aliphatic heterocycles. The second-order valence-electron chi connectivity index (χ2n) is 5.02. The van der Waals surface area contributed by atoms with E-state index in [1.165, 1.54) is 36.1 Å². The van der Waals surface area contributed by atoms with Crippen LogP contribution in [-0.4, -0.2) is 51.2 Å². The van der Waals surface area contributed by atoms with Gasteiger partial charge in [0, 0.05) is 0 Å².